The van der Waals surface area contributed by atoms with Crippen LogP contribution in [0.25, 0.3) is 0 Å². The summed E-state index contributed by atoms with van der Waals surface area (Å²) >= 11 is 0. The molecule has 1 atom stereocenters. The summed E-state index contributed by atoms with van der Waals surface area (Å²) in [6, 6.07) is 9.67. The molecule has 1 N–H and O–H groups in total. The molecule has 0 radical (unpaired) electrons. The van der Waals surface area contributed by atoms with Crippen LogP contribution in [0.2, 0.25) is 0 Å². The maximum absolute atomic E-state index is 14.6. The molecule has 1 fully saturated rings. The Bertz CT molecular complexity index is 1540. The first-order valence-electron chi connectivity index (χ1n) is 16.3. The number of carbonyl (C=O) groups is 4. The molecule has 268 valence electrons. The number of amides is 4. The zero-order valence-corrected chi connectivity index (χ0v) is 29.0. The largest absolute Gasteiger partial charge is 0.476 e. The monoisotopic (exact) mass is 690 g/mol. The highest BCUT2D eigenvalue weighted by molar-refractivity contribution is 6.05. The van der Waals surface area contributed by atoms with E-state index in [1.807, 2.05) is 6.07 Å². The molecule has 2 heterocycles. The van der Waals surface area contributed by atoms with E-state index >= 15 is 0 Å². The second kappa shape index (κ2) is 14.6. The second-order valence-electron chi connectivity index (χ2n) is 13.9. The number of likely N-dealkylation sites (tertiary alicyclic amines) is 1. The lowest BCUT2D eigenvalue weighted by Crippen LogP contribution is -2.55. The minimum Gasteiger partial charge on any atom is -0.476 e. The molecule has 2 aromatic carbocycles. The molecular formula is C35H45F3N4O7. The molecule has 2 aliphatic rings. The molecule has 49 heavy (non-hydrogen) atoms. The van der Waals surface area contributed by atoms with Gasteiger partial charge in [-0.05, 0) is 79.0 Å². The summed E-state index contributed by atoms with van der Waals surface area (Å²) < 4.78 is 60.4. The van der Waals surface area contributed by atoms with E-state index in [1.54, 1.807) is 58.9 Å². The summed E-state index contributed by atoms with van der Waals surface area (Å²) in [7, 11) is 0. The number of hydrogen-bond acceptors (Lipinski definition) is 7. The number of rotatable bonds is 8. The average Bonchev–Trinajstić information content (AvgIpc) is 3.00. The van der Waals surface area contributed by atoms with Crippen LogP contribution < -0.4 is 15.0 Å². The summed E-state index contributed by atoms with van der Waals surface area (Å²) in [4.78, 5) is 57.0. The number of ether oxygens (including phenoxy) is 3. The van der Waals surface area contributed by atoms with Crippen LogP contribution in [0.5, 0.6) is 5.75 Å². The van der Waals surface area contributed by atoms with E-state index < -0.39 is 64.6 Å². The number of nitrogens with one attached hydrogen (secondary N) is 1. The van der Waals surface area contributed by atoms with Crippen LogP contribution in [-0.2, 0) is 27.1 Å². The molecule has 0 spiro atoms. The number of alkyl halides is 3. The van der Waals surface area contributed by atoms with E-state index in [1.165, 1.54) is 28.5 Å². The Kier molecular flexibility index (Phi) is 11.1. The number of anilines is 1. The van der Waals surface area contributed by atoms with Crippen molar-refractivity contribution >= 4 is 29.7 Å². The fraction of sp³-hybridized carbons (Fsp3) is 0.543. The summed E-state index contributed by atoms with van der Waals surface area (Å²) in [5.41, 5.74) is -3.43. The summed E-state index contributed by atoms with van der Waals surface area (Å²) in [6.07, 6.45) is -5.27. The molecule has 2 aromatic rings. The first kappa shape index (κ1) is 37.3. The predicted octanol–water partition coefficient (Wildman–Crippen LogP) is 6.39. The number of alkyl carbamates (subject to hydrolysis) is 1. The van der Waals surface area contributed by atoms with Crippen molar-refractivity contribution in [2.24, 2.45) is 0 Å². The normalized spacial score (nSPS) is 17.6. The van der Waals surface area contributed by atoms with Gasteiger partial charge in [-0.15, -0.1) is 0 Å². The molecule has 4 rings (SSSR count). The van der Waals surface area contributed by atoms with Gasteiger partial charge in [0.2, 0.25) is 0 Å². The number of halogens is 3. The maximum atomic E-state index is 14.6. The number of fused-ring (bicyclic) bond motifs is 1. The quantitative estimate of drug-likeness (QED) is 0.341. The minimum absolute atomic E-state index is 0.0214. The third-order valence-electron chi connectivity index (χ3n) is 8.10. The van der Waals surface area contributed by atoms with Gasteiger partial charge < -0.3 is 34.2 Å². The molecule has 0 unspecified atom stereocenters. The highest BCUT2D eigenvalue weighted by Gasteiger charge is 2.45. The lowest BCUT2D eigenvalue weighted by Gasteiger charge is -2.42. The van der Waals surface area contributed by atoms with Crippen LogP contribution in [0, 0.1) is 0 Å². The van der Waals surface area contributed by atoms with Crippen molar-refractivity contribution in [1.82, 2.24) is 15.1 Å². The molecule has 0 saturated carbocycles. The second-order valence-corrected chi connectivity index (χ2v) is 13.9. The van der Waals surface area contributed by atoms with Gasteiger partial charge >= 0.3 is 18.4 Å². The van der Waals surface area contributed by atoms with Crippen LogP contribution in [-0.4, -0.2) is 83.3 Å². The SMILES string of the molecule is CC(C)N(C(=O)c1cc2c(cc1C(F)(F)F)OC(C)(C)C(=O)N2CCNC(=O)OCc1ccccc1)[C@@H]1CCCN(C(=O)OC(C)(C)C)C1. The van der Waals surface area contributed by atoms with Crippen molar-refractivity contribution in [3.63, 3.8) is 0 Å². The van der Waals surface area contributed by atoms with Gasteiger partial charge in [0.15, 0.2) is 5.60 Å². The molecule has 2 aliphatic heterocycles. The van der Waals surface area contributed by atoms with E-state index in [2.05, 4.69) is 5.32 Å². The van der Waals surface area contributed by atoms with Crippen molar-refractivity contribution in [2.75, 3.05) is 31.1 Å². The smallest absolute Gasteiger partial charge is 0.417 e. The predicted molar refractivity (Wildman–Crippen MR) is 175 cm³/mol. The van der Waals surface area contributed by atoms with Crippen LogP contribution >= 0.6 is 0 Å². The first-order chi connectivity index (χ1) is 22.8. The number of carbonyl (C=O) groups excluding carboxylic acids is 4. The standard InChI is InChI=1S/C35H45F3N4O7/c1-22(2)42(24-14-11-16-40(20-24)32(46)49-33(3,4)5)29(43)25-18-27-28(19-26(25)35(36,37)38)48-34(6,7)30(44)41(27)17-15-39-31(45)47-21-23-12-9-8-10-13-23/h8-10,12-13,18-19,22,24H,11,14-17,20-21H2,1-7H3,(H,39,45)/t24-/m1/s1. The molecule has 14 heteroatoms. The van der Waals surface area contributed by atoms with E-state index in [0.717, 1.165) is 17.7 Å². The third-order valence-corrected chi connectivity index (χ3v) is 8.10. The van der Waals surface area contributed by atoms with Crippen LogP contribution in [0.3, 0.4) is 0 Å². The van der Waals surface area contributed by atoms with Crippen molar-refractivity contribution in [3.05, 3.63) is 59.2 Å². The Morgan fingerprint density at radius 1 is 1.10 bits per heavy atom. The third kappa shape index (κ3) is 9.15. The highest BCUT2D eigenvalue weighted by Crippen LogP contribution is 2.44. The molecule has 0 aromatic heterocycles. The number of benzene rings is 2. The zero-order valence-electron chi connectivity index (χ0n) is 29.0. The molecule has 0 bridgehead atoms. The van der Waals surface area contributed by atoms with Gasteiger partial charge in [-0.3, -0.25) is 9.59 Å². The topological polar surface area (TPSA) is 118 Å². The Labute approximate surface area is 284 Å². The Morgan fingerprint density at radius 2 is 1.78 bits per heavy atom. The van der Waals surface area contributed by atoms with Crippen molar-refractivity contribution < 1.29 is 46.6 Å². The Morgan fingerprint density at radius 3 is 2.39 bits per heavy atom. The Balaban J connectivity index is 1.63. The van der Waals surface area contributed by atoms with E-state index in [4.69, 9.17) is 14.2 Å². The van der Waals surface area contributed by atoms with Gasteiger partial charge in [0.1, 0.15) is 18.0 Å². The lowest BCUT2D eigenvalue weighted by atomic mass is 9.96. The number of nitrogens with zero attached hydrogens (tertiary/aromatic N) is 3. The average molecular weight is 691 g/mol. The van der Waals surface area contributed by atoms with E-state index in [-0.39, 0.29) is 37.7 Å². The molecule has 1 saturated heterocycles. The van der Waals surface area contributed by atoms with Gasteiger partial charge in [-0.1, -0.05) is 30.3 Å². The van der Waals surface area contributed by atoms with Crippen LogP contribution in [0.4, 0.5) is 28.4 Å². The highest BCUT2D eigenvalue weighted by atomic mass is 19.4. The van der Waals surface area contributed by atoms with Crippen molar-refractivity contribution in [2.45, 2.75) is 97.4 Å². The molecular weight excluding hydrogens is 645 g/mol. The van der Waals surface area contributed by atoms with Gasteiger partial charge in [0.25, 0.3) is 11.8 Å². The molecule has 11 nitrogen and oxygen atoms in total. The van der Waals surface area contributed by atoms with Gasteiger partial charge in [0.05, 0.1) is 22.9 Å². The van der Waals surface area contributed by atoms with Crippen LogP contribution in [0.15, 0.2) is 42.5 Å². The van der Waals surface area contributed by atoms with Crippen molar-refractivity contribution in [3.8, 4) is 5.75 Å². The van der Waals surface area contributed by atoms with Crippen LogP contribution in [0.1, 0.15) is 82.8 Å². The van der Waals surface area contributed by atoms with Gasteiger partial charge in [-0.25, -0.2) is 9.59 Å². The first-order valence-corrected chi connectivity index (χ1v) is 16.3. The van der Waals surface area contributed by atoms with Gasteiger partial charge in [0, 0.05) is 32.2 Å². The summed E-state index contributed by atoms with van der Waals surface area (Å²) in [5, 5.41) is 2.56. The van der Waals surface area contributed by atoms with Crippen molar-refractivity contribution in [1.29, 1.82) is 0 Å². The van der Waals surface area contributed by atoms with E-state index in [0.29, 0.717) is 19.4 Å². The summed E-state index contributed by atoms with van der Waals surface area (Å²) in [6.45, 7) is 11.7. The Hall–Kier alpha value is -4.49. The van der Waals surface area contributed by atoms with Gasteiger partial charge in [-0.2, -0.15) is 13.2 Å². The zero-order chi connectivity index (χ0) is 36.3. The lowest BCUT2D eigenvalue weighted by molar-refractivity contribution is -0.138. The van der Waals surface area contributed by atoms with E-state index in [9.17, 15) is 32.3 Å². The number of hydrogen-bond donors (Lipinski definition) is 1. The maximum Gasteiger partial charge on any atom is 0.417 e. The molecule has 4 amide bonds. The summed E-state index contributed by atoms with van der Waals surface area (Å²) in [5.74, 6) is -1.70. The fourth-order valence-electron chi connectivity index (χ4n) is 5.93. The number of piperidine rings is 1. The molecule has 0 aliphatic carbocycles. The fourth-order valence-corrected chi connectivity index (χ4v) is 5.93. The minimum atomic E-state index is -4.94.